The minimum Gasteiger partial charge on any atom is -0.289 e. The van der Waals surface area contributed by atoms with E-state index in [0.717, 1.165) is 16.9 Å². The van der Waals surface area contributed by atoms with Gasteiger partial charge in [-0.1, -0.05) is 48.0 Å². The lowest BCUT2D eigenvalue weighted by Gasteiger charge is -2.05. The van der Waals surface area contributed by atoms with Gasteiger partial charge in [-0.05, 0) is 38.5 Å². The van der Waals surface area contributed by atoms with Gasteiger partial charge in [0.05, 0.1) is 29.2 Å². The average molecular weight is 386 g/mol. The Morgan fingerprint density at radius 2 is 1.79 bits per heavy atom. The standard InChI is InChI=1S/C22H22N6O/c1-15-8-7-9-18(12-15)13-27-14-23-22(26-27)24-21(29)20-16(2)25-28(17(20)3)19-10-5-4-6-11-19/h4-12,14H,13H2,1-3H3,(H,24,26,29). The normalized spacial score (nSPS) is 10.9. The predicted molar refractivity (Wildman–Crippen MR) is 111 cm³/mol. The molecule has 2 aromatic heterocycles. The van der Waals surface area contributed by atoms with Crippen LogP contribution in [0.2, 0.25) is 0 Å². The Kier molecular flexibility index (Phi) is 4.95. The number of hydrogen-bond acceptors (Lipinski definition) is 4. The topological polar surface area (TPSA) is 77.6 Å². The number of nitrogens with zero attached hydrogens (tertiary/aromatic N) is 5. The smallest absolute Gasteiger partial charge is 0.261 e. The van der Waals surface area contributed by atoms with Crippen LogP contribution in [0, 0.1) is 20.8 Å². The molecule has 0 atom stereocenters. The van der Waals surface area contributed by atoms with Crippen LogP contribution in [0.1, 0.15) is 32.9 Å². The molecular formula is C22H22N6O. The summed E-state index contributed by atoms with van der Waals surface area (Å²) < 4.78 is 3.48. The van der Waals surface area contributed by atoms with Crippen molar-refractivity contribution in [3.63, 3.8) is 0 Å². The summed E-state index contributed by atoms with van der Waals surface area (Å²) in [6, 6.07) is 17.9. The number of nitrogens with one attached hydrogen (secondary N) is 1. The number of aromatic nitrogens is 5. The van der Waals surface area contributed by atoms with E-state index < -0.39 is 0 Å². The Bertz CT molecular complexity index is 1160. The Balaban J connectivity index is 1.52. The molecule has 0 aliphatic rings. The fourth-order valence-corrected chi connectivity index (χ4v) is 3.38. The summed E-state index contributed by atoms with van der Waals surface area (Å²) in [5.41, 5.74) is 5.19. The summed E-state index contributed by atoms with van der Waals surface area (Å²) >= 11 is 0. The molecule has 0 aliphatic carbocycles. The van der Waals surface area contributed by atoms with Crippen molar-refractivity contribution in [1.82, 2.24) is 24.5 Å². The van der Waals surface area contributed by atoms with Crippen LogP contribution < -0.4 is 5.32 Å². The van der Waals surface area contributed by atoms with Crippen LogP contribution in [0.5, 0.6) is 0 Å². The molecule has 0 aliphatic heterocycles. The Hall–Kier alpha value is -3.74. The van der Waals surface area contributed by atoms with Gasteiger partial charge >= 0.3 is 0 Å². The lowest BCUT2D eigenvalue weighted by atomic mass is 10.1. The minimum atomic E-state index is -0.268. The van der Waals surface area contributed by atoms with E-state index in [2.05, 4.69) is 39.6 Å². The molecule has 0 bridgehead atoms. The highest BCUT2D eigenvalue weighted by Crippen LogP contribution is 2.19. The molecule has 0 unspecified atom stereocenters. The van der Waals surface area contributed by atoms with Crippen LogP contribution in [0.3, 0.4) is 0 Å². The first-order chi connectivity index (χ1) is 14.0. The van der Waals surface area contributed by atoms with Crippen LogP contribution in [0.15, 0.2) is 60.9 Å². The first-order valence-electron chi connectivity index (χ1n) is 9.39. The van der Waals surface area contributed by atoms with Crippen molar-refractivity contribution in [3.05, 3.63) is 89.0 Å². The molecule has 7 nitrogen and oxygen atoms in total. The second-order valence-electron chi connectivity index (χ2n) is 7.00. The van der Waals surface area contributed by atoms with E-state index in [9.17, 15) is 4.79 Å². The molecule has 7 heteroatoms. The maximum absolute atomic E-state index is 12.9. The summed E-state index contributed by atoms with van der Waals surface area (Å²) in [6.45, 7) is 6.35. The lowest BCUT2D eigenvalue weighted by molar-refractivity contribution is 0.102. The molecule has 0 saturated carbocycles. The van der Waals surface area contributed by atoms with E-state index in [0.29, 0.717) is 17.8 Å². The van der Waals surface area contributed by atoms with Gasteiger partial charge in [0, 0.05) is 0 Å². The van der Waals surface area contributed by atoms with E-state index >= 15 is 0 Å². The van der Waals surface area contributed by atoms with Crippen LogP contribution >= 0.6 is 0 Å². The summed E-state index contributed by atoms with van der Waals surface area (Å²) in [6.07, 6.45) is 1.62. The molecule has 1 amide bonds. The zero-order chi connectivity index (χ0) is 20.4. The average Bonchev–Trinajstić information content (AvgIpc) is 3.25. The van der Waals surface area contributed by atoms with Crippen LogP contribution in [0.25, 0.3) is 5.69 Å². The number of anilines is 1. The number of carbonyl (C=O) groups excluding carboxylic acids is 1. The number of carbonyl (C=O) groups is 1. The van der Waals surface area contributed by atoms with Gasteiger partial charge in [0.1, 0.15) is 6.33 Å². The van der Waals surface area contributed by atoms with E-state index in [1.165, 1.54) is 5.56 Å². The maximum Gasteiger partial charge on any atom is 0.261 e. The molecule has 4 aromatic rings. The van der Waals surface area contributed by atoms with Gasteiger partial charge < -0.3 is 0 Å². The van der Waals surface area contributed by atoms with Gasteiger partial charge in [0.2, 0.25) is 5.95 Å². The fraction of sp³-hybridized carbons (Fsp3) is 0.182. The van der Waals surface area contributed by atoms with Crippen molar-refractivity contribution in [3.8, 4) is 5.69 Å². The zero-order valence-electron chi connectivity index (χ0n) is 16.6. The minimum absolute atomic E-state index is 0.268. The van der Waals surface area contributed by atoms with Crippen molar-refractivity contribution in [2.45, 2.75) is 27.3 Å². The molecule has 0 spiro atoms. The third-order valence-electron chi connectivity index (χ3n) is 4.71. The van der Waals surface area contributed by atoms with Crippen LogP contribution in [0.4, 0.5) is 5.95 Å². The van der Waals surface area contributed by atoms with Crippen molar-refractivity contribution in [2.75, 3.05) is 5.32 Å². The Morgan fingerprint density at radius 1 is 1.00 bits per heavy atom. The maximum atomic E-state index is 12.9. The van der Waals surface area contributed by atoms with Crippen LogP contribution in [-0.4, -0.2) is 30.5 Å². The molecule has 0 radical (unpaired) electrons. The quantitative estimate of drug-likeness (QED) is 0.567. The van der Waals surface area contributed by atoms with Gasteiger partial charge in [0.25, 0.3) is 5.91 Å². The van der Waals surface area contributed by atoms with Gasteiger partial charge in [-0.2, -0.15) is 5.10 Å². The molecular weight excluding hydrogens is 364 g/mol. The zero-order valence-corrected chi connectivity index (χ0v) is 16.6. The van der Waals surface area contributed by atoms with Crippen molar-refractivity contribution in [2.24, 2.45) is 0 Å². The van der Waals surface area contributed by atoms with Gasteiger partial charge in [-0.25, -0.2) is 14.3 Å². The first kappa shape index (κ1) is 18.6. The second-order valence-corrected chi connectivity index (χ2v) is 7.00. The van der Waals surface area contributed by atoms with Crippen LogP contribution in [-0.2, 0) is 6.54 Å². The Labute approximate surface area is 169 Å². The molecule has 0 saturated heterocycles. The van der Waals surface area contributed by atoms with E-state index in [1.807, 2.05) is 56.3 Å². The number of hydrogen-bond donors (Lipinski definition) is 1. The number of amides is 1. The van der Waals surface area contributed by atoms with Crippen molar-refractivity contribution in [1.29, 1.82) is 0 Å². The number of aryl methyl sites for hydroxylation is 2. The van der Waals surface area contributed by atoms with Gasteiger partial charge in [-0.15, -0.1) is 5.10 Å². The summed E-state index contributed by atoms with van der Waals surface area (Å²) in [7, 11) is 0. The highest BCUT2D eigenvalue weighted by atomic mass is 16.1. The molecule has 1 N–H and O–H groups in total. The third kappa shape index (κ3) is 3.94. The monoisotopic (exact) mass is 386 g/mol. The third-order valence-corrected chi connectivity index (χ3v) is 4.71. The summed E-state index contributed by atoms with van der Waals surface area (Å²) in [5, 5.41) is 11.7. The number of benzene rings is 2. The number of rotatable bonds is 5. The molecule has 0 fully saturated rings. The Morgan fingerprint density at radius 3 is 2.55 bits per heavy atom. The van der Waals surface area contributed by atoms with Crippen molar-refractivity contribution >= 4 is 11.9 Å². The second kappa shape index (κ2) is 7.71. The number of para-hydroxylation sites is 1. The highest BCUT2D eigenvalue weighted by molar-refractivity contribution is 6.05. The molecule has 146 valence electrons. The summed E-state index contributed by atoms with van der Waals surface area (Å²) in [5.74, 6) is 0.00407. The van der Waals surface area contributed by atoms with E-state index in [1.54, 1.807) is 15.7 Å². The summed E-state index contributed by atoms with van der Waals surface area (Å²) in [4.78, 5) is 17.1. The lowest BCUT2D eigenvalue weighted by Crippen LogP contribution is -2.15. The van der Waals surface area contributed by atoms with E-state index in [4.69, 9.17) is 0 Å². The van der Waals surface area contributed by atoms with Gasteiger partial charge in [0.15, 0.2) is 0 Å². The first-order valence-corrected chi connectivity index (χ1v) is 9.39. The van der Waals surface area contributed by atoms with Crippen molar-refractivity contribution < 1.29 is 4.79 Å². The van der Waals surface area contributed by atoms with Gasteiger partial charge in [-0.3, -0.25) is 10.1 Å². The predicted octanol–water partition coefficient (Wildman–Crippen LogP) is 3.69. The van der Waals surface area contributed by atoms with E-state index in [-0.39, 0.29) is 11.9 Å². The highest BCUT2D eigenvalue weighted by Gasteiger charge is 2.20. The molecule has 4 rings (SSSR count). The fourth-order valence-electron chi connectivity index (χ4n) is 3.38. The molecule has 29 heavy (non-hydrogen) atoms. The molecule has 2 aromatic carbocycles. The molecule has 2 heterocycles. The SMILES string of the molecule is Cc1cccc(Cn2cnc(NC(=O)c3c(C)nn(-c4ccccc4)c3C)n2)c1. The largest absolute Gasteiger partial charge is 0.289 e.